The highest BCUT2D eigenvalue weighted by Crippen LogP contribution is 2.17. The first-order valence-corrected chi connectivity index (χ1v) is 7.42. The molecule has 8 heteroatoms. The van der Waals surface area contributed by atoms with Crippen LogP contribution < -0.4 is 10.1 Å². The summed E-state index contributed by atoms with van der Waals surface area (Å²) in [4.78, 5) is 22.5. The molecule has 0 aromatic heterocycles. The maximum absolute atomic E-state index is 13.3. The van der Waals surface area contributed by atoms with Crippen molar-refractivity contribution in [1.82, 2.24) is 5.32 Å². The van der Waals surface area contributed by atoms with Gasteiger partial charge in [-0.15, -0.1) is 0 Å². The Morgan fingerprint density at radius 2 is 2.14 bits per heavy atom. The Labute approximate surface area is 124 Å². The molecule has 0 aliphatic carbocycles. The van der Waals surface area contributed by atoms with Crippen molar-refractivity contribution in [3.05, 3.63) is 29.8 Å². The number of nitrogens with one attached hydrogen (secondary N) is 1. The van der Waals surface area contributed by atoms with Gasteiger partial charge in [-0.25, -0.2) is 13.6 Å². The summed E-state index contributed by atoms with van der Waals surface area (Å²) in [6.45, 7) is -0.550. The van der Waals surface area contributed by atoms with Crippen LogP contribution in [0.25, 0.3) is 0 Å². The van der Waals surface area contributed by atoms with Crippen molar-refractivity contribution < 1.29 is 28.2 Å². The summed E-state index contributed by atoms with van der Waals surface area (Å²) >= 11 is 1.46. The maximum atomic E-state index is 13.3. The maximum Gasteiger partial charge on any atom is 0.326 e. The molecule has 0 fully saturated rings. The molecular weight excluding hydrogens is 304 g/mol. The number of carbonyl (C=O) groups is 2. The molecule has 0 radical (unpaired) electrons. The molecule has 0 unspecified atom stereocenters. The highest BCUT2D eigenvalue weighted by molar-refractivity contribution is 7.98. The Bertz CT molecular complexity index is 513. The topological polar surface area (TPSA) is 75.6 Å². The minimum atomic E-state index is -1.15. The number of amides is 1. The summed E-state index contributed by atoms with van der Waals surface area (Å²) in [5.41, 5.74) is 0. The van der Waals surface area contributed by atoms with Crippen LogP contribution in [0, 0.1) is 11.6 Å². The largest absolute Gasteiger partial charge is 0.481 e. The van der Waals surface area contributed by atoms with Crippen molar-refractivity contribution in [2.75, 3.05) is 18.6 Å². The highest BCUT2D eigenvalue weighted by atomic mass is 32.2. The molecule has 1 amide bonds. The minimum Gasteiger partial charge on any atom is -0.481 e. The molecule has 116 valence electrons. The van der Waals surface area contributed by atoms with Gasteiger partial charge in [0.2, 0.25) is 0 Å². The molecule has 1 rings (SSSR count). The number of carboxylic acid groups (broad SMARTS) is 1. The van der Waals surface area contributed by atoms with Gasteiger partial charge in [0.1, 0.15) is 11.9 Å². The minimum absolute atomic E-state index is 0.271. The third kappa shape index (κ3) is 5.99. The molecule has 0 bridgehead atoms. The zero-order valence-corrected chi connectivity index (χ0v) is 12.1. The molecule has 1 aromatic carbocycles. The predicted octanol–water partition coefficient (Wildman–Crippen LogP) is 1.67. The Balaban J connectivity index is 2.50. The van der Waals surface area contributed by atoms with E-state index >= 15 is 0 Å². The van der Waals surface area contributed by atoms with E-state index in [1.54, 1.807) is 0 Å². The van der Waals surface area contributed by atoms with Crippen LogP contribution in [-0.4, -0.2) is 41.6 Å². The number of halogens is 2. The molecule has 0 saturated carbocycles. The molecule has 21 heavy (non-hydrogen) atoms. The van der Waals surface area contributed by atoms with Gasteiger partial charge >= 0.3 is 5.97 Å². The van der Waals surface area contributed by atoms with Gasteiger partial charge in [0, 0.05) is 6.07 Å². The third-order valence-electron chi connectivity index (χ3n) is 2.50. The van der Waals surface area contributed by atoms with Gasteiger partial charge < -0.3 is 15.2 Å². The van der Waals surface area contributed by atoms with Crippen LogP contribution in [-0.2, 0) is 9.59 Å². The molecule has 0 heterocycles. The van der Waals surface area contributed by atoms with Crippen LogP contribution in [0.5, 0.6) is 5.75 Å². The van der Waals surface area contributed by atoms with E-state index in [1.807, 2.05) is 6.26 Å². The van der Waals surface area contributed by atoms with Gasteiger partial charge in [0.05, 0.1) is 0 Å². The summed E-state index contributed by atoms with van der Waals surface area (Å²) in [5, 5.41) is 11.2. The average molecular weight is 319 g/mol. The molecule has 1 atom stereocenters. The molecule has 0 spiro atoms. The Morgan fingerprint density at radius 1 is 1.43 bits per heavy atom. The summed E-state index contributed by atoms with van der Waals surface area (Å²) in [6.07, 6.45) is 2.09. The zero-order chi connectivity index (χ0) is 15.8. The number of carboxylic acids is 1. The fourth-order valence-electron chi connectivity index (χ4n) is 1.46. The van der Waals surface area contributed by atoms with E-state index in [0.29, 0.717) is 11.8 Å². The Morgan fingerprint density at radius 3 is 2.71 bits per heavy atom. The lowest BCUT2D eigenvalue weighted by Crippen LogP contribution is -2.43. The highest BCUT2D eigenvalue weighted by Gasteiger charge is 2.19. The average Bonchev–Trinajstić information content (AvgIpc) is 2.42. The predicted molar refractivity (Wildman–Crippen MR) is 74.4 cm³/mol. The number of hydrogen-bond acceptors (Lipinski definition) is 4. The summed E-state index contributed by atoms with van der Waals surface area (Å²) in [5.74, 6) is -3.22. The van der Waals surface area contributed by atoms with Gasteiger partial charge in [0.15, 0.2) is 18.2 Å². The quantitative estimate of drug-likeness (QED) is 0.762. The first-order valence-electron chi connectivity index (χ1n) is 6.03. The zero-order valence-electron chi connectivity index (χ0n) is 11.3. The van der Waals surface area contributed by atoms with E-state index in [0.717, 1.165) is 12.1 Å². The van der Waals surface area contributed by atoms with E-state index in [4.69, 9.17) is 9.84 Å². The molecular formula is C13H15F2NO4S. The van der Waals surface area contributed by atoms with E-state index < -0.39 is 36.2 Å². The second-order valence-electron chi connectivity index (χ2n) is 4.10. The van der Waals surface area contributed by atoms with Crippen molar-refractivity contribution in [2.24, 2.45) is 0 Å². The fourth-order valence-corrected chi connectivity index (χ4v) is 1.94. The molecule has 5 nitrogen and oxygen atoms in total. The van der Waals surface area contributed by atoms with Gasteiger partial charge in [-0.2, -0.15) is 11.8 Å². The number of aliphatic carboxylic acids is 1. The lowest BCUT2D eigenvalue weighted by Gasteiger charge is -2.14. The van der Waals surface area contributed by atoms with Crippen LogP contribution in [0.2, 0.25) is 0 Å². The third-order valence-corrected chi connectivity index (χ3v) is 3.14. The van der Waals surface area contributed by atoms with Gasteiger partial charge in [-0.05, 0) is 30.6 Å². The SMILES string of the molecule is CSCC[C@@H](NC(=O)COc1ccc(F)cc1F)C(=O)O. The Kier molecular flexibility index (Phi) is 6.93. The molecule has 0 saturated heterocycles. The van der Waals surface area contributed by atoms with Crippen molar-refractivity contribution >= 4 is 23.6 Å². The van der Waals surface area contributed by atoms with E-state index in [9.17, 15) is 18.4 Å². The lowest BCUT2D eigenvalue weighted by molar-refractivity contribution is -0.142. The number of ether oxygens (including phenoxy) is 1. The van der Waals surface area contributed by atoms with Gasteiger partial charge in [-0.3, -0.25) is 4.79 Å². The monoisotopic (exact) mass is 319 g/mol. The first-order chi connectivity index (χ1) is 9.93. The van der Waals surface area contributed by atoms with Crippen LogP contribution in [0.4, 0.5) is 8.78 Å². The number of hydrogen-bond donors (Lipinski definition) is 2. The van der Waals surface area contributed by atoms with Crippen LogP contribution in [0.15, 0.2) is 18.2 Å². The second kappa shape index (κ2) is 8.46. The molecule has 1 aromatic rings. The molecule has 0 aliphatic heterocycles. The van der Waals surface area contributed by atoms with Gasteiger partial charge in [-0.1, -0.05) is 0 Å². The first kappa shape index (κ1) is 17.2. The van der Waals surface area contributed by atoms with Crippen molar-refractivity contribution in [3.8, 4) is 5.75 Å². The fraction of sp³-hybridized carbons (Fsp3) is 0.385. The smallest absolute Gasteiger partial charge is 0.326 e. The summed E-state index contributed by atoms with van der Waals surface area (Å²) in [6, 6.07) is 1.66. The Hall–Kier alpha value is -1.83. The van der Waals surface area contributed by atoms with Crippen molar-refractivity contribution in [2.45, 2.75) is 12.5 Å². The van der Waals surface area contributed by atoms with Crippen LogP contribution in [0.3, 0.4) is 0 Å². The van der Waals surface area contributed by atoms with E-state index in [2.05, 4.69) is 5.32 Å². The van der Waals surface area contributed by atoms with E-state index in [-0.39, 0.29) is 12.2 Å². The summed E-state index contributed by atoms with van der Waals surface area (Å²) < 4.78 is 30.8. The number of rotatable bonds is 8. The number of benzene rings is 1. The van der Waals surface area contributed by atoms with Crippen molar-refractivity contribution in [3.63, 3.8) is 0 Å². The lowest BCUT2D eigenvalue weighted by atomic mass is 10.2. The van der Waals surface area contributed by atoms with Crippen molar-refractivity contribution in [1.29, 1.82) is 0 Å². The molecule has 0 aliphatic rings. The standard InChI is InChI=1S/C13H15F2NO4S/c1-21-5-4-10(13(18)19)16-12(17)7-20-11-3-2-8(14)6-9(11)15/h2-3,6,10H,4-5,7H2,1H3,(H,16,17)(H,18,19)/t10-/m1/s1. The molecule has 2 N–H and O–H groups in total. The van der Waals surface area contributed by atoms with Crippen LogP contribution in [0.1, 0.15) is 6.42 Å². The second-order valence-corrected chi connectivity index (χ2v) is 5.09. The number of carbonyl (C=O) groups excluding carboxylic acids is 1. The summed E-state index contributed by atoms with van der Waals surface area (Å²) in [7, 11) is 0. The van der Waals surface area contributed by atoms with Crippen LogP contribution >= 0.6 is 11.8 Å². The number of thioether (sulfide) groups is 1. The van der Waals surface area contributed by atoms with E-state index in [1.165, 1.54) is 11.8 Å². The van der Waals surface area contributed by atoms with Gasteiger partial charge in [0.25, 0.3) is 5.91 Å². The normalized spacial score (nSPS) is 11.8.